The predicted molar refractivity (Wildman–Crippen MR) is 76.6 cm³/mol. The summed E-state index contributed by atoms with van der Waals surface area (Å²) in [5.41, 5.74) is 0.558. The van der Waals surface area contributed by atoms with E-state index in [1.807, 2.05) is 0 Å². The molecule has 1 aliphatic heterocycles. The molecule has 0 unspecified atom stereocenters. The van der Waals surface area contributed by atoms with Gasteiger partial charge in [0.1, 0.15) is 0 Å². The van der Waals surface area contributed by atoms with Crippen molar-refractivity contribution >= 4 is 17.6 Å². The van der Waals surface area contributed by atoms with Gasteiger partial charge in [0.2, 0.25) is 0 Å². The third-order valence-electron chi connectivity index (χ3n) is 3.38. The minimum absolute atomic E-state index is 0.268. The van der Waals surface area contributed by atoms with E-state index in [4.69, 9.17) is 16.3 Å². The molecule has 0 saturated carbocycles. The molecule has 0 aliphatic carbocycles. The highest BCUT2D eigenvalue weighted by Gasteiger charge is 2.10. The zero-order chi connectivity index (χ0) is 13.5. The van der Waals surface area contributed by atoms with Crippen LogP contribution in [0.3, 0.4) is 0 Å². The Kier molecular flexibility index (Phi) is 5.67. The second-order valence-electron chi connectivity index (χ2n) is 4.90. The largest absolute Gasteiger partial charge is 0.462 e. The standard InChI is InChI=1S/C15H20ClNO2/c16-14-7-5-13(6-8-14)15(18)19-12-4-11-17-9-2-1-3-10-17/h5-8H,1-4,9-12H2. The molecular weight excluding hydrogens is 262 g/mol. The molecule has 1 heterocycles. The van der Waals surface area contributed by atoms with E-state index < -0.39 is 0 Å². The van der Waals surface area contributed by atoms with Crippen LogP contribution < -0.4 is 0 Å². The first-order chi connectivity index (χ1) is 9.25. The third kappa shape index (κ3) is 4.84. The summed E-state index contributed by atoms with van der Waals surface area (Å²) in [4.78, 5) is 14.2. The van der Waals surface area contributed by atoms with E-state index in [1.165, 1.54) is 32.4 Å². The molecule has 0 N–H and O–H groups in total. The summed E-state index contributed by atoms with van der Waals surface area (Å²) < 4.78 is 5.25. The number of carbonyl (C=O) groups excluding carboxylic acids is 1. The van der Waals surface area contributed by atoms with Crippen LogP contribution in [0.1, 0.15) is 36.0 Å². The number of esters is 1. The van der Waals surface area contributed by atoms with Gasteiger partial charge in [-0.25, -0.2) is 4.79 Å². The van der Waals surface area contributed by atoms with Crippen molar-refractivity contribution in [2.24, 2.45) is 0 Å². The maximum Gasteiger partial charge on any atom is 0.338 e. The van der Waals surface area contributed by atoms with Gasteiger partial charge in [-0.1, -0.05) is 18.0 Å². The van der Waals surface area contributed by atoms with Gasteiger partial charge in [0.15, 0.2) is 0 Å². The molecule has 19 heavy (non-hydrogen) atoms. The van der Waals surface area contributed by atoms with Crippen LogP contribution in [0.4, 0.5) is 0 Å². The van der Waals surface area contributed by atoms with Crippen LogP contribution in [0.2, 0.25) is 5.02 Å². The van der Waals surface area contributed by atoms with Crippen molar-refractivity contribution in [2.75, 3.05) is 26.2 Å². The van der Waals surface area contributed by atoms with Crippen LogP contribution >= 0.6 is 11.6 Å². The average Bonchev–Trinajstić information content (AvgIpc) is 2.45. The number of carbonyl (C=O) groups is 1. The van der Waals surface area contributed by atoms with Gasteiger partial charge in [0, 0.05) is 11.6 Å². The van der Waals surface area contributed by atoms with Crippen molar-refractivity contribution in [3.8, 4) is 0 Å². The molecule has 0 atom stereocenters. The van der Waals surface area contributed by atoms with Crippen molar-refractivity contribution in [3.63, 3.8) is 0 Å². The lowest BCUT2D eigenvalue weighted by Gasteiger charge is -2.26. The highest BCUT2D eigenvalue weighted by Crippen LogP contribution is 2.11. The quantitative estimate of drug-likeness (QED) is 0.612. The summed E-state index contributed by atoms with van der Waals surface area (Å²) >= 11 is 5.77. The molecule has 0 radical (unpaired) electrons. The van der Waals surface area contributed by atoms with Gasteiger partial charge in [-0.15, -0.1) is 0 Å². The van der Waals surface area contributed by atoms with Gasteiger partial charge < -0.3 is 9.64 Å². The van der Waals surface area contributed by atoms with E-state index >= 15 is 0 Å². The van der Waals surface area contributed by atoms with Crippen molar-refractivity contribution in [1.82, 2.24) is 4.90 Å². The van der Waals surface area contributed by atoms with Crippen molar-refractivity contribution in [3.05, 3.63) is 34.9 Å². The summed E-state index contributed by atoms with van der Waals surface area (Å²) in [7, 11) is 0. The first kappa shape index (κ1) is 14.4. The smallest absolute Gasteiger partial charge is 0.338 e. The minimum atomic E-state index is -0.268. The number of nitrogens with zero attached hydrogens (tertiary/aromatic N) is 1. The minimum Gasteiger partial charge on any atom is -0.462 e. The highest BCUT2D eigenvalue weighted by atomic mass is 35.5. The lowest BCUT2D eigenvalue weighted by molar-refractivity contribution is 0.0485. The zero-order valence-electron chi connectivity index (χ0n) is 11.1. The molecule has 104 valence electrons. The van der Waals surface area contributed by atoms with E-state index in [9.17, 15) is 4.79 Å². The SMILES string of the molecule is O=C(OCCCN1CCCCC1)c1ccc(Cl)cc1. The van der Waals surface area contributed by atoms with Crippen LogP contribution in [0, 0.1) is 0 Å². The van der Waals surface area contributed by atoms with Crippen LogP contribution in [-0.2, 0) is 4.74 Å². The number of ether oxygens (including phenoxy) is 1. The normalized spacial score (nSPS) is 16.3. The van der Waals surface area contributed by atoms with Gasteiger partial charge in [0.25, 0.3) is 0 Å². The van der Waals surface area contributed by atoms with E-state index in [0.29, 0.717) is 17.2 Å². The molecule has 1 fully saturated rings. The Morgan fingerprint density at radius 2 is 1.84 bits per heavy atom. The topological polar surface area (TPSA) is 29.5 Å². The number of piperidine rings is 1. The van der Waals surface area contributed by atoms with Crippen molar-refractivity contribution < 1.29 is 9.53 Å². The van der Waals surface area contributed by atoms with Gasteiger partial charge in [-0.2, -0.15) is 0 Å². The Bertz CT molecular complexity index is 399. The Balaban J connectivity index is 1.64. The number of halogens is 1. The van der Waals surface area contributed by atoms with Crippen LogP contribution in [0.5, 0.6) is 0 Å². The van der Waals surface area contributed by atoms with Crippen LogP contribution in [0.25, 0.3) is 0 Å². The number of hydrogen-bond donors (Lipinski definition) is 0. The molecule has 0 amide bonds. The maximum absolute atomic E-state index is 11.7. The summed E-state index contributed by atoms with van der Waals surface area (Å²) in [6, 6.07) is 6.78. The second-order valence-corrected chi connectivity index (χ2v) is 5.34. The lowest BCUT2D eigenvalue weighted by Crippen LogP contribution is -2.31. The van der Waals surface area contributed by atoms with Gasteiger partial charge >= 0.3 is 5.97 Å². The van der Waals surface area contributed by atoms with Crippen molar-refractivity contribution in [1.29, 1.82) is 0 Å². The lowest BCUT2D eigenvalue weighted by atomic mass is 10.1. The second kappa shape index (κ2) is 7.51. The Morgan fingerprint density at radius 3 is 2.53 bits per heavy atom. The highest BCUT2D eigenvalue weighted by molar-refractivity contribution is 6.30. The van der Waals surface area contributed by atoms with Crippen LogP contribution in [0.15, 0.2) is 24.3 Å². The first-order valence-electron chi connectivity index (χ1n) is 6.91. The fourth-order valence-corrected chi connectivity index (χ4v) is 2.43. The molecular formula is C15H20ClNO2. The molecule has 3 nitrogen and oxygen atoms in total. The summed E-state index contributed by atoms with van der Waals surface area (Å²) in [6.45, 7) is 3.88. The average molecular weight is 282 g/mol. The summed E-state index contributed by atoms with van der Waals surface area (Å²) in [5.74, 6) is -0.268. The molecule has 1 aliphatic rings. The number of hydrogen-bond acceptors (Lipinski definition) is 3. The van der Waals surface area contributed by atoms with E-state index in [-0.39, 0.29) is 5.97 Å². The predicted octanol–water partition coefficient (Wildman–Crippen LogP) is 3.37. The van der Waals surface area contributed by atoms with E-state index in [0.717, 1.165) is 13.0 Å². The van der Waals surface area contributed by atoms with Crippen LogP contribution in [-0.4, -0.2) is 37.1 Å². The van der Waals surface area contributed by atoms with Gasteiger partial charge in [0.05, 0.1) is 12.2 Å². The molecule has 1 saturated heterocycles. The molecule has 4 heteroatoms. The van der Waals surface area contributed by atoms with E-state index in [1.54, 1.807) is 24.3 Å². The fourth-order valence-electron chi connectivity index (χ4n) is 2.31. The molecule has 2 rings (SSSR count). The first-order valence-corrected chi connectivity index (χ1v) is 7.28. The molecule has 0 bridgehead atoms. The molecule has 0 spiro atoms. The number of likely N-dealkylation sites (tertiary alicyclic amines) is 1. The Hall–Kier alpha value is -1.06. The summed E-state index contributed by atoms with van der Waals surface area (Å²) in [6.07, 6.45) is 4.84. The van der Waals surface area contributed by atoms with Gasteiger partial charge in [-0.05, 0) is 56.6 Å². The number of benzene rings is 1. The number of rotatable bonds is 5. The Labute approximate surface area is 119 Å². The van der Waals surface area contributed by atoms with Crippen molar-refractivity contribution in [2.45, 2.75) is 25.7 Å². The third-order valence-corrected chi connectivity index (χ3v) is 3.63. The van der Waals surface area contributed by atoms with Gasteiger partial charge in [-0.3, -0.25) is 0 Å². The maximum atomic E-state index is 11.7. The molecule has 1 aromatic rings. The fraction of sp³-hybridized carbons (Fsp3) is 0.533. The van der Waals surface area contributed by atoms with E-state index in [2.05, 4.69) is 4.90 Å². The zero-order valence-corrected chi connectivity index (χ0v) is 11.9. The monoisotopic (exact) mass is 281 g/mol. The Morgan fingerprint density at radius 1 is 1.16 bits per heavy atom. The molecule has 1 aromatic carbocycles. The summed E-state index contributed by atoms with van der Waals surface area (Å²) in [5, 5.41) is 0.627. The molecule has 0 aromatic heterocycles.